The Morgan fingerprint density at radius 1 is 0.743 bits per heavy atom. The fourth-order valence-corrected chi connectivity index (χ4v) is 4.31. The molecule has 2 N–H and O–H groups in total. The van der Waals surface area contributed by atoms with Crippen LogP contribution in [0.2, 0.25) is 0 Å². The SMILES string of the molecule is COC(=C(OC)c1ccccc1OC)c1ccc(N(C(=O)c2ccccc2)S(N)(=O)=O)c(OC)c1. The third-order valence-electron chi connectivity index (χ3n) is 5.09. The van der Waals surface area contributed by atoms with Crippen LogP contribution in [0.5, 0.6) is 11.5 Å². The summed E-state index contributed by atoms with van der Waals surface area (Å²) in [7, 11) is 1.37. The van der Waals surface area contributed by atoms with Crippen molar-refractivity contribution < 1.29 is 32.2 Å². The predicted molar refractivity (Wildman–Crippen MR) is 133 cm³/mol. The van der Waals surface area contributed by atoms with Crippen molar-refractivity contribution >= 4 is 33.3 Å². The molecule has 0 saturated carbocycles. The summed E-state index contributed by atoms with van der Waals surface area (Å²) in [6.07, 6.45) is 0. The fourth-order valence-electron chi connectivity index (χ4n) is 3.55. The van der Waals surface area contributed by atoms with E-state index in [-0.39, 0.29) is 17.0 Å². The van der Waals surface area contributed by atoms with Crippen molar-refractivity contribution in [2.45, 2.75) is 0 Å². The maximum absolute atomic E-state index is 13.1. The van der Waals surface area contributed by atoms with Gasteiger partial charge in [0.1, 0.15) is 17.2 Å². The zero-order chi connectivity index (χ0) is 25.6. The van der Waals surface area contributed by atoms with E-state index in [0.29, 0.717) is 32.7 Å². The molecule has 0 aromatic heterocycles. The van der Waals surface area contributed by atoms with E-state index in [4.69, 9.17) is 24.1 Å². The molecule has 0 spiro atoms. The summed E-state index contributed by atoms with van der Waals surface area (Å²) in [4.78, 5) is 13.1. The summed E-state index contributed by atoms with van der Waals surface area (Å²) in [6.45, 7) is 0. The Morgan fingerprint density at radius 3 is 1.91 bits per heavy atom. The number of amides is 1. The van der Waals surface area contributed by atoms with Gasteiger partial charge in [0.2, 0.25) is 0 Å². The number of carbonyl (C=O) groups is 1. The molecular formula is C25H26N2O7S. The van der Waals surface area contributed by atoms with E-state index in [1.807, 2.05) is 18.2 Å². The molecule has 0 fully saturated rings. The molecular weight excluding hydrogens is 472 g/mol. The Labute approximate surface area is 204 Å². The molecule has 3 aromatic carbocycles. The molecule has 35 heavy (non-hydrogen) atoms. The number of nitrogens with two attached hydrogens (primary N) is 1. The van der Waals surface area contributed by atoms with Gasteiger partial charge in [-0.15, -0.1) is 0 Å². The first-order chi connectivity index (χ1) is 16.8. The number of nitrogens with zero attached hydrogens (tertiary/aromatic N) is 1. The molecule has 0 radical (unpaired) electrons. The van der Waals surface area contributed by atoms with Gasteiger partial charge in [-0.2, -0.15) is 12.7 Å². The number of carbonyl (C=O) groups excluding carboxylic acids is 1. The minimum absolute atomic E-state index is 0.0562. The van der Waals surface area contributed by atoms with Crippen LogP contribution >= 0.6 is 0 Å². The highest BCUT2D eigenvalue weighted by Gasteiger charge is 2.30. The van der Waals surface area contributed by atoms with Crippen LogP contribution in [0.25, 0.3) is 11.5 Å². The lowest BCUT2D eigenvalue weighted by Crippen LogP contribution is -2.41. The lowest BCUT2D eigenvalue weighted by Gasteiger charge is -2.23. The monoisotopic (exact) mass is 498 g/mol. The van der Waals surface area contributed by atoms with Gasteiger partial charge in [0.05, 0.1) is 34.0 Å². The smallest absolute Gasteiger partial charge is 0.306 e. The molecule has 0 aliphatic rings. The maximum atomic E-state index is 13.1. The van der Waals surface area contributed by atoms with Gasteiger partial charge < -0.3 is 18.9 Å². The number of benzene rings is 3. The van der Waals surface area contributed by atoms with Gasteiger partial charge in [0, 0.05) is 11.1 Å². The van der Waals surface area contributed by atoms with Gasteiger partial charge in [0.25, 0.3) is 5.91 Å². The quantitative estimate of drug-likeness (QED) is 0.353. The molecule has 3 rings (SSSR count). The fraction of sp³-hybridized carbons (Fsp3) is 0.160. The Bertz CT molecular complexity index is 1340. The molecule has 0 saturated heterocycles. The van der Waals surface area contributed by atoms with Gasteiger partial charge in [-0.05, 0) is 42.5 Å². The highest BCUT2D eigenvalue weighted by atomic mass is 32.2. The van der Waals surface area contributed by atoms with Crippen molar-refractivity contribution in [1.29, 1.82) is 0 Å². The largest absolute Gasteiger partial charge is 0.496 e. The molecule has 9 nitrogen and oxygen atoms in total. The third-order valence-corrected chi connectivity index (χ3v) is 5.96. The van der Waals surface area contributed by atoms with Gasteiger partial charge in [-0.1, -0.05) is 30.3 Å². The van der Waals surface area contributed by atoms with E-state index in [2.05, 4.69) is 0 Å². The molecule has 0 bridgehead atoms. The van der Waals surface area contributed by atoms with Gasteiger partial charge in [-0.25, -0.2) is 5.14 Å². The molecule has 10 heteroatoms. The van der Waals surface area contributed by atoms with E-state index >= 15 is 0 Å². The van der Waals surface area contributed by atoms with Crippen LogP contribution in [0.1, 0.15) is 21.5 Å². The van der Waals surface area contributed by atoms with Crippen molar-refractivity contribution in [2.75, 3.05) is 32.7 Å². The number of para-hydroxylation sites is 1. The van der Waals surface area contributed by atoms with Crippen LogP contribution in [0.15, 0.2) is 72.8 Å². The number of ether oxygens (including phenoxy) is 4. The first-order valence-electron chi connectivity index (χ1n) is 10.3. The average molecular weight is 499 g/mol. The standard InChI is InChI=1S/C25H26N2O7S/c1-31-21-13-9-8-12-19(21)24(34-4)23(33-3)18-14-15-20(22(16-18)32-2)27(35(26,29)30)25(28)17-10-6-5-7-11-17/h5-16H,1-4H3,(H2,26,29,30). The second-order valence-electron chi connectivity index (χ2n) is 7.13. The van der Waals surface area contributed by atoms with Crippen molar-refractivity contribution in [3.05, 3.63) is 89.5 Å². The Balaban J connectivity index is 2.19. The Morgan fingerprint density at radius 2 is 1.34 bits per heavy atom. The molecule has 1 amide bonds. The lowest BCUT2D eigenvalue weighted by atomic mass is 10.1. The zero-order valence-corrected chi connectivity index (χ0v) is 20.5. The summed E-state index contributed by atoms with van der Waals surface area (Å²) in [5.74, 6) is 0.525. The molecule has 0 atom stereocenters. The highest BCUT2D eigenvalue weighted by Crippen LogP contribution is 2.37. The van der Waals surface area contributed by atoms with Gasteiger partial charge in [-0.3, -0.25) is 4.79 Å². The summed E-state index contributed by atoms with van der Waals surface area (Å²) in [5, 5.41) is 5.43. The van der Waals surface area contributed by atoms with E-state index in [0.717, 1.165) is 0 Å². The summed E-state index contributed by atoms with van der Waals surface area (Å²) >= 11 is 0. The molecule has 3 aromatic rings. The van der Waals surface area contributed by atoms with Crippen LogP contribution in [-0.2, 0) is 19.7 Å². The number of methoxy groups -OCH3 is 4. The number of rotatable bonds is 9. The third kappa shape index (κ3) is 5.39. The van der Waals surface area contributed by atoms with E-state index in [9.17, 15) is 13.2 Å². The Hall–Kier alpha value is -4.02. The van der Waals surface area contributed by atoms with Crippen LogP contribution in [0.4, 0.5) is 5.69 Å². The van der Waals surface area contributed by atoms with Crippen LogP contribution in [0, 0.1) is 0 Å². The van der Waals surface area contributed by atoms with Crippen LogP contribution < -0.4 is 18.9 Å². The molecule has 0 aliphatic carbocycles. The highest BCUT2D eigenvalue weighted by molar-refractivity contribution is 7.91. The number of hydrogen-bond donors (Lipinski definition) is 1. The first-order valence-corrected chi connectivity index (χ1v) is 11.8. The zero-order valence-electron chi connectivity index (χ0n) is 19.7. The van der Waals surface area contributed by atoms with Crippen molar-refractivity contribution in [2.24, 2.45) is 5.14 Å². The second-order valence-corrected chi connectivity index (χ2v) is 8.53. The van der Waals surface area contributed by atoms with Gasteiger partial charge >= 0.3 is 10.2 Å². The summed E-state index contributed by atoms with van der Waals surface area (Å²) < 4.78 is 47.6. The Kier molecular flexibility index (Phi) is 8.00. The summed E-state index contributed by atoms with van der Waals surface area (Å²) in [5.41, 5.74) is 1.22. The normalized spacial score (nSPS) is 11.8. The molecule has 184 valence electrons. The second kappa shape index (κ2) is 10.9. The first kappa shape index (κ1) is 25.6. The van der Waals surface area contributed by atoms with E-state index in [1.165, 1.54) is 45.6 Å². The lowest BCUT2D eigenvalue weighted by molar-refractivity contribution is 0.100. The van der Waals surface area contributed by atoms with Crippen molar-refractivity contribution in [3.63, 3.8) is 0 Å². The minimum Gasteiger partial charge on any atom is -0.496 e. The molecule has 0 heterocycles. The van der Waals surface area contributed by atoms with E-state index in [1.54, 1.807) is 37.4 Å². The van der Waals surface area contributed by atoms with Crippen LogP contribution in [-0.4, -0.2) is 42.8 Å². The minimum atomic E-state index is -4.49. The van der Waals surface area contributed by atoms with Crippen molar-refractivity contribution in [3.8, 4) is 11.5 Å². The number of hydrogen-bond acceptors (Lipinski definition) is 7. The molecule has 0 aliphatic heterocycles. The average Bonchev–Trinajstić information content (AvgIpc) is 2.87. The molecule has 0 unspecified atom stereocenters. The number of anilines is 1. The topological polar surface area (TPSA) is 117 Å². The maximum Gasteiger partial charge on any atom is 0.306 e. The predicted octanol–water partition coefficient (Wildman–Crippen LogP) is 3.67. The van der Waals surface area contributed by atoms with Crippen molar-refractivity contribution in [1.82, 2.24) is 0 Å². The van der Waals surface area contributed by atoms with Crippen LogP contribution in [0.3, 0.4) is 0 Å². The van der Waals surface area contributed by atoms with E-state index < -0.39 is 16.1 Å². The summed E-state index contributed by atoms with van der Waals surface area (Å²) in [6, 6.07) is 19.7. The van der Waals surface area contributed by atoms with Gasteiger partial charge in [0.15, 0.2) is 11.5 Å².